The van der Waals surface area contributed by atoms with Gasteiger partial charge in [0.05, 0.1) is 18.3 Å². The van der Waals surface area contributed by atoms with Crippen LogP contribution < -0.4 is 0 Å². The first kappa shape index (κ1) is 32.2. The van der Waals surface area contributed by atoms with Gasteiger partial charge in [-0.3, -0.25) is 0 Å². The van der Waals surface area contributed by atoms with Gasteiger partial charge in [-0.25, -0.2) is 0 Å². The van der Waals surface area contributed by atoms with Crippen LogP contribution in [0.1, 0.15) is 148 Å². The minimum Gasteiger partial charge on any atom is -0.386 e. The summed E-state index contributed by atoms with van der Waals surface area (Å²) in [6.07, 6.45) is 16.1. The lowest BCUT2D eigenvalue weighted by Gasteiger charge is -2.61. The van der Waals surface area contributed by atoms with Crippen LogP contribution >= 0.6 is 0 Å². The molecule has 6 heterocycles. The van der Waals surface area contributed by atoms with Crippen LogP contribution in [0, 0.1) is 37.9 Å². The SMILES string of the molecule is CCC(C12CCC3OC3(C34CCC56CC5(O6)C3(O)C4)C1(O)C2)(C12CCC3OC3(C34CCC56CC5(O6)C3(O)C4)C1(O)C2)C12CCC3OC3(C34CCC56CC5(O6)C3(O)C4)C1(O)C2. The van der Waals surface area contributed by atoms with Gasteiger partial charge in [0.2, 0.25) is 0 Å². The highest BCUT2D eigenvalue weighted by atomic mass is 16.7. The predicted octanol–water partition coefficient (Wildman–Crippen LogP) is 2.02. The fourth-order valence-electron chi connectivity index (χ4n) is 25.7. The van der Waals surface area contributed by atoms with Gasteiger partial charge >= 0.3 is 0 Å². The van der Waals surface area contributed by atoms with Crippen molar-refractivity contribution in [1.29, 1.82) is 0 Å². The largest absolute Gasteiger partial charge is 0.386 e. The minimum atomic E-state index is -1.25. The Kier molecular flexibility index (Phi) is 3.66. The molecule has 6 saturated heterocycles. The van der Waals surface area contributed by atoms with Crippen LogP contribution in [0.15, 0.2) is 0 Å². The third-order valence-corrected chi connectivity index (χ3v) is 28.3. The fraction of sp³-hybridized carbons (Fsp3) is 1.00. The Morgan fingerprint density at radius 3 is 0.983 bits per heavy atom. The quantitative estimate of drug-likeness (QED) is 0.205. The molecule has 12 nitrogen and oxygen atoms in total. The summed E-state index contributed by atoms with van der Waals surface area (Å²) >= 11 is 0. The first-order valence-corrected chi connectivity index (χ1v) is 24.8. The third kappa shape index (κ3) is 1.97. The van der Waals surface area contributed by atoms with E-state index < -0.39 is 105 Å². The zero-order chi connectivity index (χ0) is 39.5. The number of hydrogen-bond acceptors (Lipinski definition) is 12. The lowest BCUT2D eigenvalue weighted by atomic mass is 9.42. The summed E-state index contributed by atoms with van der Waals surface area (Å²) in [5.74, 6) is 0. The van der Waals surface area contributed by atoms with E-state index in [1.165, 1.54) is 0 Å². The van der Waals surface area contributed by atoms with E-state index in [2.05, 4.69) is 6.92 Å². The zero-order valence-electron chi connectivity index (χ0n) is 34.4. The normalized spacial score (nSPS) is 85.5. The standard InChI is InChI=1S/C48H56O12/c1-2-36(27-6-3-24-46(55-24,40(27,52)15-27)30-9-12-33-21-43(33,58-33)37(30,49)18-30,28-7-4-25-47(56-25,41(28,53)16-28)31-10-13-34-22-44(34,59-34)38(31,50)19-31)29-8-5-26-48(57-26,42(29,54)17-29)32-11-14-35-23-45(35,60-35)39(32,51)20-32/h24-26,49-54H,2-23H2,1H3. The van der Waals surface area contributed by atoms with Gasteiger partial charge in [-0.1, -0.05) is 6.92 Å². The average Bonchev–Trinajstić information content (AvgIpc) is 3.88. The summed E-state index contributed by atoms with van der Waals surface area (Å²) in [6, 6.07) is 0. The van der Waals surface area contributed by atoms with E-state index in [0.717, 1.165) is 96.3 Å². The molecule has 12 heteroatoms. The van der Waals surface area contributed by atoms with Crippen molar-refractivity contribution in [3.8, 4) is 0 Å². The Labute approximate surface area is 346 Å². The third-order valence-electron chi connectivity index (χ3n) is 28.3. The van der Waals surface area contributed by atoms with Crippen molar-refractivity contribution in [2.45, 2.75) is 251 Å². The molecule has 21 aliphatic rings. The van der Waals surface area contributed by atoms with Gasteiger partial charge in [-0.2, -0.15) is 0 Å². The Morgan fingerprint density at radius 1 is 0.400 bits per heavy atom. The highest BCUT2D eigenvalue weighted by molar-refractivity contribution is 5.64. The molecule has 0 amide bonds. The van der Waals surface area contributed by atoms with Gasteiger partial charge in [-0.05, 0) is 127 Å². The summed E-state index contributed by atoms with van der Waals surface area (Å²) in [5.41, 5.74) is -15.9. The molecule has 0 spiro atoms. The number of epoxide rings is 6. The second-order valence-electron chi connectivity index (χ2n) is 27.4. The van der Waals surface area contributed by atoms with Crippen molar-refractivity contribution >= 4 is 0 Å². The minimum absolute atomic E-state index is 0.129. The van der Waals surface area contributed by atoms with Gasteiger partial charge in [0.15, 0.2) is 0 Å². The van der Waals surface area contributed by atoms with Crippen molar-refractivity contribution in [1.82, 2.24) is 0 Å². The predicted molar refractivity (Wildman–Crippen MR) is 196 cm³/mol. The van der Waals surface area contributed by atoms with Crippen molar-refractivity contribution in [3.05, 3.63) is 0 Å². The number of ether oxygens (including phenoxy) is 6. The fourth-order valence-corrected chi connectivity index (χ4v) is 25.7. The van der Waals surface area contributed by atoms with E-state index in [-0.39, 0.29) is 35.1 Å². The van der Waals surface area contributed by atoms with Gasteiger partial charge in [0.25, 0.3) is 0 Å². The summed E-state index contributed by atoms with van der Waals surface area (Å²) in [6.45, 7) is 2.30. The van der Waals surface area contributed by atoms with Crippen LogP contribution in [0.25, 0.3) is 0 Å². The molecule has 15 saturated carbocycles. The highest BCUT2D eigenvalue weighted by Crippen LogP contribution is 3.06. The Morgan fingerprint density at radius 2 is 0.700 bits per heavy atom. The molecule has 0 bridgehead atoms. The molecular weight excluding hydrogens is 769 g/mol. The maximum Gasteiger partial charge on any atom is 0.132 e. The molecule has 60 heavy (non-hydrogen) atoms. The summed E-state index contributed by atoms with van der Waals surface area (Å²) in [7, 11) is 0. The van der Waals surface area contributed by atoms with Gasteiger partial charge in [0, 0.05) is 51.8 Å². The lowest BCUT2D eigenvalue weighted by Crippen LogP contribution is -2.67. The van der Waals surface area contributed by atoms with Crippen molar-refractivity contribution in [2.75, 3.05) is 0 Å². The number of aliphatic hydroxyl groups is 6. The van der Waals surface area contributed by atoms with Crippen LogP contribution in [0.4, 0.5) is 0 Å². The molecule has 320 valence electrons. The monoisotopic (exact) mass is 824 g/mol. The highest BCUT2D eigenvalue weighted by Gasteiger charge is 3.16. The molecular formula is C48H56O12. The van der Waals surface area contributed by atoms with Gasteiger partial charge in [0.1, 0.15) is 84.0 Å². The number of fused-ring (bicyclic) bond motifs is 15. The smallest absolute Gasteiger partial charge is 0.132 e. The first-order chi connectivity index (χ1) is 28.4. The molecule has 15 aliphatic carbocycles. The van der Waals surface area contributed by atoms with Crippen LogP contribution in [0.3, 0.4) is 0 Å². The molecule has 21 rings (SSSR count). The zero-order valence-corrected chi connectivity index (χ0v) is 34.4. The molecule has 0 aromatic rings. The van der Waals surface area contributed by atoms with Crippen LogP contribution in [0.2, 0.25) is 0 Å². The molecule has 6 N–H and O–H groups in total. The first-order valence-electron chi connectivity index (χ1n) is 24.8. The van der Waals surface area contributed by atoms with Crippen molar-refractivity contribution in [3.63, 3.8) is 0 Å². The Balaban J connectivity index is 0.775. The average molecular weight is 825 g/mol. The maximum atomic E-state index is 14.2. The summed E-state index contributed by atoms with van der Waals surface area (Å²) in [5, 5.41) is 80.7. The van der Waals surface area contributed by atoms with Gasteiger partial charge < -0.3 is 59.1 Å². The second-order valence-corrected chi connectivity index (χ2v) is 27.4. The maximum absolute atomic E-state index is 14.2. The van der Waals surface area contributed by atoms with Crippen molar-refractivity contribution < 1.29 is 59.1 Å². The van der Waals surface area contributed by atoms with Crippen LogP contribution in [-0.4, -0.2) is 133 Å². The molecule has 0 radical (unpaired) electrons. The number of rotatable bonds is 7. The summed E-state index contributed by atoms with van der Waals surface area (Å²) < 4.78 is 40.3. The van der Waals surface area contributed by atoms with E-state index in [9.17, 15) is 30.6 Å². The molecule has 21 fully saturated rings. The van der Waals surface area contributed by atoms with Crippen LogP contribution in [0.5, 0.6) is 0 Å². The molecule has 24 atom stereocenters. The topological polar surface area (TPSA) is 197 Å². The van der Waals surface area contributed by atoms with E-state index in [1.807, 2.05) is 0 Å². The van der Waals surface area contributed by atoms with Crippen molar-refractivity contribution in [2.24, 2.45) is 37.9 Å². The molecule has 0 aromatic carbocycles. The molecule has 24 unspecified atom stereocenters. The summed E-state index contributed by atoms with van der Waals surface area (Å²) in [4.78, 5) is 0. The second kappa shape index (κ2) is 6.82. The van der Waals surface area contributed by atoms with E-state index >= 15 is 0 Å². The number of hydrogen-bond donors (Lipinski definition) is 6. The Bertz CT molecular complexity index is 2240. The van der Waals surface area contributed by atoms with Gasteiger partial charge in [-0.15, -0.1) is 0 Å². The van der Waals surface area contributed by atoms with E-state index in [0.29, 0.717) is 44.9 Å². The van der Waals surface area contributed by atoms with E-state index in [4.69, 9.17) is 28.4 Å². The molecule has 6 aliphatic heterocycles. The van der Waals surface area contributed by atoms with E-state index in [1.54, 1.807) is 0 Å². The Hall–Kier alpha value is -0.480. The van der Waals surface area contributed by atoms with Crippen LogP contribution in [-0.2, 0) is 28.4 Å². The lowest BCUT2D eigenvalue weighted by molar-refractivity contribution is -0.201. The molecule has 0 aromatic heterocycles.